The zero-order chi connectivity index (χ0) is 17.8. The highest BCUT2D eigenvalue weighted by Gasteiger charge is 2.24. The third-order valence-electron chi connectivity index (χ3n) is 4.65. The first-order valence-electron chi connectivity index (χ1n) is 8.93. The van der Waals surface area contributed by atoms with E-state index in [2.05, 4.69) is 22.0 Å². The van der Waals surface area contributed by atoms with Gasteiger partial charge in [0.1, 0.15) is 5.69 Å². The number of aromatic amines is 1. The van der Waals surface area contributed by atoms with E-state index in [1.807, 2.05) is 30.9 Å². The number of rotatable bonds is 6. The Balaban J connectivity index is 1.55. The molecule has 0 saturated carbocycles. The second-order valence-corrected chi connectivity index (χ2v) is 6.68. The molecule has 1 atom stereocenters. The highest BCUT2D eigenvalue weighted by Crippen LogP contribution is 2.18. The molecule has 0 bridgehead atoms. The van der Waals surface area contributed by atoms with Gasteiger partial charge in [0.25, 0.3) is 5.91 Å². The van der Waals surface area contributed by atoms with Gasteiger partial charge in [-0.15, -0.1) is 0 Å². The van der Waals surface area contributed by atoms with Crippen molar-refractivity contribution in [1.29, 1.82) is 0 Å². The summed E-state index contributed by atoms with van der Waals surface area (Å²) in [6.07, 6.45) is -0.473. The highest BCUT2D eigenvalue weighted by atomic mass is 16.5. The fourth-order valence-electron chi connectivity index (χ4n) is 3.26. The number of H-pyrrole nitrogens is 1. The number of aliphatic hydroxyl groups excluding tert-OH is 1. The first-order chi connectivity index (χ1) is 12.1. The summed E-state index contributed by atoms with van der Waals surface area (Å²) in [6.45, 7) is 8.43. The molecule has 3 rings (SSSR count). The summed E-state index contributed by atoms with van der Waals surface area (Å²) in [4.78, 5) is 20.0. The first kappa shape index (κ1) is 17.9. The molecule has 1 aromatic heterocycles. The molecule has 6 heteroatoms. The summed E-state index contributed by atoms with van der Waals surface area (Å²) in [5.74, 6) is 0.0448. The van der Waals surface area contributed by atoms with Crippen molar-refractivity contribution in [3.05, 3.63) is 35.5 Å². The number of nitrogens with zero attached hydrogens (tertiary/aromatic N) is 2. The van der Waals surface area contributed by atoms with Crippen LogP contribution in [0.5, 0.6) is 0 Å². The summed E-state index contributed by atoms with van der Waals surface area (Å²) < 4.78 is 5.25. The smallest absolute Gasteiger partial charge is 0.270 e. The fourth-order valence-corrected chi connectivity index (χ4v) is 3.26. The van der Waals surface area contributed by atoms with Crippen LogP contribution in [-0.4, -0.2) is 77.8 Å². The van der Waals surface area contributed by atoms with E-state index in [1.165, 1.54) is 5.56 Å². The number of hydrogen-bond acceptors (Lipinski definition) is 4. The van der Waals surface area contributed by atoms with Crippen molar-refractivity contribution in [2.75, 3.05) is 45.9 Å². The number of piperazine rings is 1. The Morgan fingerprint density at radius 1 is 1.28 bits per heavy atom. The lowest BCUT2D eigenvalue weighted by Crippen LogP contribution is -2.50. The van der Waals surface area contributed by atoms with Crippen LogP contribution in [0.3, 0.4) is 0 Å². The average Bonchev–Trinajstić information content (AvgIpc) is 3.03. The van der Waals surface area contributed by atoms with Gasteiger partial charge in [0.05, 0.1) is 12.7 Å². The molecular weight excluding hydrogens is 318 g/mol. The van der Waals surface area contributed by atoms with E-state index in [-0.39, 0.29) is 5.91 Å². The number of aliphatic hydroxyl groups is 1. The van der Waals surface area contributed by atoms with Crippen LogP contribution in [0.1, 0.15) is 23.0 Å². The van der Waals surface area contributed by atoms with Crippen molar-refractivity contribution in [2.24, 2.45) is 0 Å². The SMILES string of the molecule is CCOC[C@@H](O)CN1CCN(C(=O)c2cc3ccc(C)cc3[nH]2)CC1. The molecule has 136 valence electrons. The van der Waals surface area contributed by atoms with E-state index in [9.17, 15) is 9.90 Å². The van der Waals surface area contributed by atoms with Crippen LogP contribution in [0.15, 0.2) is 24.3 Å². The predicted molar refractivity (Wildman–Crippen MR) is 97.9 cm³/mol. The largest absolute Gasteiger partial charge is 0.389 e. The number of ether oxygens (including phenoxy) is 1. The second kappa shape index (κ2) is 7.99. The van der Waals surface area contributed by atoms with Crippen LogP contribution < -0.4 is 0 Å². The number of β-amino-alcohol motifs (C(OH)–C–C–N with tert-alkyl or cyclic N) is 1. The summed E-state index contributed by atoms with van der Waals surface area (Å²) in [5, 5.41) is 11.0. The molecule has 6 nitrogen and oxygen atoms in total. The standard InChI is InChI=1S/C19H27N3O3/c1-3-25-13-16(23)12-21-6-8-22(9-7-21)19(24)18-11-15-5-4-14(2)10-17(15)20-18/h4-5,10-11,16,20,23H,3,6-9,12-13H2,1-2H3/t16-/m0/s1. The van der Waals surface area contributed by atoms with Crippen molar-refractivity contribution in [2.45, 2.75) is 20.0 Å². The molecule has 0 radical (unpaired) electrons. The second-order valence-electron chi connectivity index (χ2n) is 6.68. The number of amides is 1. The summed E-state index contributed by atoms with van der Waals surface area (Å²) in [5.41, 5.74) is 2.82. The number of hydrogen-bond donors (Lipinski definition) is 2. The molecule has 25 heavy (non-hydrogen) atoms. The van der Waals surface area contributed by atoms with Gasteiger partial charge in [-0.2, -0.15) is 0 Å². The van der Waals surface area contributed by atoms with Crippen LogP contribution in [-0.2, 0) is 4.74 Å². The first-order valence-corrected chi connectivity index (χ1v) is 8.93. The Hall–Kier alpha value is -1.89. The molecule has 0 aliphatic carbocycles. The molecular formula is C19H27N3O3. The molecule has 1 aliphatic rings. The molecule has 2 heterocycles. The molecule has 1 aromatic carbocycles. The maximum atomic E-state index is 12.7. The summed E-state index contributed by atoms with van der Waals surface area (Å²) >= 11 is 0. The molecule has 0 spiro atoms. The molecule has 1 fully saturated rings. The summed E-state index contributed by atoms with van der Waals surface area (Å²) in [7, 11) is 0. The molecule has 1 saturated heterocycles. The Kier molecular flexibility index (Phi) is 5.73. The molecule has 2 aromatic rings. The van der Waals surface area contributed by atoms with Gasteiger partial charge in [-0.3, -0.25) is 9.69 Å². The molecule has 1 aliphatic heterocycles. The number of carbonyl (C=O) groups is 1. The number of fused-ring (bicyclic) bond motifs is 1. The topological polar surface area (TPSA) is 68.8 Å². The maximum absolute atomic E-state index is 12.7. The van der Waals surface area contributed by atoms with Crippen LogP contribution in [0.2, 0.25) is 0 Å². The van der Waals surface area contributed by atoms with Crippen LogP contribution in [0.25, 0.3) is 10.9 Å². The predicted octanol–water partition coefficient (Wildman–Crippen LogP) is 1.63. The van der Waals surface area contributed by atoms with E-state index >= 15 is 0 Å². The van der Waals surface area contributed by atoms with Crippen LogP contribution >= 0.6 is 0 Å². The Morgan fingerprint density at radius 3 is 2.76 bits per heavy atom. The Morgan fingerprint density at radius 2 is 2.04 bits per heavy atom. The minimum absolute atomic E-state index is 0.0448. The van der Waals surface area contributed by atoms with E-state index in [0.29, 0.717) is 38.5 Å². The lowest BCUT2D eigenvalue weighted by molar-refractivity contribution is 0.0110. The van der Waals surface area contributed by atoms with Gasteiger partial charge < -0.3 is 19.7 Å². The van der Waals surface area contributed by atoms with Gasteiger partial charge in [-0.05, 0) is 31.5 Å². The zero-order valence-electron chi connectivity index (χ0n) is 15.0. The van der Waals surface area contributed by atoms with Crippen molar-refractivity contribution in [3.63, 3.8) is 0 Å². The average molecular weight is 345 g/mol. The van der Waals surface area contributed by atoms with Crippen molar-refractivity contribution >= 4 is 16.8 Å². The van der Waals surface area contributed by atoms with E-state index in [0.717, 1.165) is 24.0 Å². The summed E-state index contributed by atoms with van der Waals surface area (Å²) in [6, 6.07) is 8.07. The van der Waals surface area contributed by atoms with E-state index in [4.69, 9.17) is 4.74 Å². The van der Waals surface area contributed by atoms with Gasteiger partial charge in [0.2, 0.25) is 0 Å². The van der Waals surface area contributed by atoms with Crippen molar-refractivity contribution < 1.29 is 14.6 Å². The quantitative estimate of drug-likeness (QED) is 0.835. The van der Waals surface area contributed by atoms with Crippen molar-refractivity contribution in [3.8, 4) is 0 Å². The number of nitrogens with one attached hydrogen (secondary N) is 1. The highest BCUT2D eigenvalue weighted by molar-refractivity contribution is 5.98. The van der Waals surface area contributed by atoms with Gasteiger partial charge in [0, 0.05) is 50.2 Å². The normalized spacial score (nSPS) is 17.2. The number of carbonyl (C=O) groups excluding carboxylic acids is 1. The fraction of sp³-hybridized carbons (Fsp3) is 0.526. The molecule has 2 N–H and O–H groups in total. The lowest BCUT2D eigenvalue weighted by atomic mass is 10.2. The van der Waals surface area contributed by atoms with Gasteiger partial charge in [-0.25, -0.2) is 0 Å². The molecule has 0 unspecified atom stereocenters. The number of aryl methyl sites for hydroxylation is 1. The van der Waals surface area contributed by atoms with Gasteiger partial charge in [-0.1, -0.05) is 12.1 Å². The van der Waals surface area contributed by atoms with Gasteiger partial charge >= 0.3 is 0 Å². The minimum atomic E-state index is -0.473. The van der Waals surface area contributed by atoms with Crippen LogP contribution in [0.4, 0.5) is 0 Å². The number of benzene rings is 1. The minimum Gasteiger partial charge on any atom is -0.389 e. The third kappa shape index (κ3) is 4.39. The van der Waals surface area contributed by atoms with Crippen LogP contribution in [0, 0.1) is 6.92 Å². The third-order valence-corrected chi connectivity index (χ3v) is 4.65. The Labute approximate surface area is 148 Å². The number of aromatic nitrogens is 1. The van der Waals surface area contributed by atoms with E-state index < -0.39 is 6.10 Å². The molecule has 1 amide bonds. The van der Waals surface area contributed by atoms with E-state index in [1.54, 1.807) is 0 Å². The zero-order valence-corrected chi connectivity index (χ0v) is 15.0. The maximum Gasteiger partial charge on any atom is 0.270 e. The van der Waals surface area contributed by atoms with Crippen molar-refractivity contribution in [1.82, 2.24) is 14.8 Å². The van der Waals surface area contributed by atoms with Gasteiger partial charge in [0.15, 0.2) is 0 Å². The Bertz CT molecular complexity index is 720. The lowest BCUT2D eigenvalue weighted by Gasteiger charge is -2.35. The monoisotopic (exact) mass is 345 g/mol.